The van der Waals surface area contributed by atoms with Crippen molar-refractivity contribution in [1.82, 2.24) is 9.88 Å². The lowest BCUT2D eigenvalue weighted by molar-refractivity contribution is 0.0918. The molecule has 112 valence electrons. The van der Waals surface area contributed by atoms with Crippen LogP contribution in [0.3, 0.4) is 0 Å². The number of aryl methyl sites for hydroxylation is 2. The van der Waals surface area contributed by atoms with Crippen LogP contribution in [0.5, 0.6) is 5.75 Å². The maximum atomic E-state index is 12.5. The molecule has 5 nitrogen and oxygen atoms in total. The van der Waals surface area contributed by atoms with Crippen LogP contribution in [0.25, 0.3) is 10.9 Å². The molecule has 0 spiro atoms. The van der Waals surface area contributed by atoms with Crippen LogP contribution in [0, 0.1) is 6.92 Å². The lowest BCUT2D eigenvalue weighted by Crippen LogP contribution is -2.42. The fraction of sp³-hybridized carbons (Fsp3) is 0.375. The number of nitrogens with zero attached hydrogens (tertiary/aromatic N) is 1. The predicted molar refractivity (Wildman–Crippen MR) is 82.8 cm³/mol. The van der Waals surface area contributed by atoms with Crippen LogP contribution >= 0.6 is 0 Å². The standard InChI is InChI=1S/C16H20N2O3/c1-9-6-12-10(7-13(9)19)14(20)11(8-18(12)5)15(21)17-16(2,3)4/h6-8,19H,1-5H3,(H,17,21). The second-order valence-electron chi connectivity index (χ2n) is 6.34. The summed E-state index contributed by atoms with van der Waals surface area (Å²) in [4.78, 5) is 24.7. The summed E-state index contributed by atoms with van der Waals surface area (Å²) < 4.78 is 1.72. The third-order valence-electron chi connectivity index (χ3n) is 3.24. The number of fused-ring (bicyclic) bond motifs is 1. The predicted octanol–water partition coefficient (Wildman–Crippen LogP) is 2.08. The van der Waals surface area contributed by atoms with Gasteiger partial charge >= 0.3 is 0 Å². The van der Waals surface area contributed by atoms with E-state index in [2.05, 4.69) is 5.32 Å². The molecule has 0 radical (unpaired) electrons. The lowest BCUT2D eigenvalue weighted by Gasteiger charge is -2.20. The molecule has 0 saturated carbocycles. The number of aromatic nitrogens is 1. The van der Waals surface area contributed by atoms with Crippen molar-refractivity contribution in [3.05, 3.63) is 39.7 Å². The number of hydrogen-bond acceptors (Lipinski definition) is 3. The first-order chi connectivity index (χ1) is 9.60. The van der Waals surface area contributed by atoms with Crippen molar-refractivity contribution in [3.8, 4) is 5.75 Å². The van der Waals surface area contributed by atoms with Gasteiger partial charge in [0.15, 0.2) is 0 Å². The van der Waals surface area contributed by atoms with E-state index in [4.69, 9.17) is 0 Å². The van der Waals surface area contributed by atoms with Crippen LogP contribution in [0.1, 0.15) is 36.7 Å². The van der Waals surface area contributed by atoms with E-state index in [0.29, 0.717) is 16.5 Å². The minimum absolute atomic E-state index is 0.0491. The third kappa shape index (κ3) is 2.91. The molecule has 1 heterocycles. The van der Waals surface area contributed by atoms with Gasteiger partial charge in [0.1, 0.15) is 11.3 Å². The maximum Gasteiger partial charge on any atom is 0.257 e. The molecule has 2 N–H and O–H groups in total. The molecule has 0 atom stereocenters. The van der Waals surface area contributed by atoms with Gasteiger partial charge in [-0.2, -0.15) is 0 Å². The largest absolute Gasteiger partial charge is 0.508 e. The number of phenols is 1. The zero-order valence-corrected chi connectivity index (χ0v) is 12.9. The SMILES string of the molecule is Cc1cc2c(cc1O)c(=O)c(C(=O)NC(C)(C)C)cn2C. The number of hydrogen-bond donors (Lipinski definition) is 2. The fourth-order valence-corrected chi connectivity index (χ4v) is 2.19. The summed E-state index contributed by atoms with van der Waals surface area (Å²) >= 11 is 0. The molecular formula is C16H20N2O3. The molecule has 5 heteroatoms. The summed E-state index contributed by atoms with van der Waals surface area (Å²) in [5.74, 6) is -0.363. The van der Waals surface area contributed by atoms with Crippen LogP contribution in [-0.2, 0) is 7.05 Å². The highest BCUT2D eigenvalue weighted by atomic mass is 16.3. The minimum atomic E-state index is -0.424. The van der Waals surface area contributed by atoms with E-state index in [1.54, 1.807) is 24.6 Å². The molecule has 0 aliphatic heterocycles. The van der Waals surface area contributed by atoms with Gasteiger partial charge in [-0.15, -0.1) is 0 Å². The average Bonchev–Trinajstić information content (AvgIpc) is 2.34. The smallest absolute Gasteiger partial charge is 0.257 e. The molecule has 0 fully saturated rings. The van der Waals surface area contributed by atoms with Crippen molar-refractivity contribution >= 4 is 16.8 Å². The first-order valence-corrected chi connectivity index (χ1v) is 6.75. The number of nitrogens with one attached hydrogen (secondary N) is 1. The highest BCUT2D eigenvalue weighted by molar-refractivity contribution is 5.98. The van der Waals surface area contributed by atoms with Crippen molar-refractivity contribution in [2.75, 3.05) is 0 Å². The van der Waals surface area contributed by atoms with Crippen molar-refractivity contribution in [1.29, 1.82) is 0 Å². The summed E-state index contributed by atoms with van der Waals surface area (Å²) in [6, 6.07) is 3.15. The Morgan fingerprint density at radius 2 is 1.90 bits per heavy atom. The Hall–Kier alpha value is -2.30. The lowest BCUT2D eigenvalue weighted by atomic mass is 10.1. The molecular weight excluding hydrogens is 268 g/mol. The number of amides is 1. The minimum Gasteiger partial charge on any atom is -0.508 e. The molecule has 2 aromatic rings. The Morgan fingerprint density at radius 1 is 1.29 bits per heavy atom. The van der Waals surface area contributed by atoms with E-state index in [0.717, 1.165) is 0 Å². The first-order valence-electron chi connectivity index (χ1n) is 6.75. The van der Waals surface area contributed by atoms with Crippen LogP contribution in [-0.4, -0.2) is 21.1 Å². The van der Waals surface area contributed by atoms with Gasteiger partial charge in [0, 0.05) is 18.8 Å². The topological polar surface area (TPSA) is 71.3 Å². The van der Waals surface area contributed by atoms with Gasteiger partial charge in [0.25, 0.3) is 5.91 Å². The summed E-state index contributed by atoms with van der Waals surface area (Å²) in [5.41, 5.74) is 0.641. The van der Waals surface area contributed by atoms with Gasteiger partial charge in [-0.1, -0.05) is 0 Å². The van der Waals surface area contributed by atoms with E-state index in [1.807, 2.05) is 20.8 Å². The van der Waals surface area contributed by atoms with E-state index >= 15 is 0 Å². The van der Waals surface area contributed by atoms with Gasteiger partial charge < -0.3 is 15.0 Å². The Morgan fingerprint density at radius 3 is 2.48 bits per heavy atom. The monoisotopic (exact) mass is 288 g/mol. The number of carbonyl (C=O) groups excluding carboxylic acids is 1. The summed E-state index contributed by atoms with van der Waals surface area (Å²) in [7, 11) is 1.77. The highest BCUT2D eigenvalue weighted by Gasteiger charge is 2.20. The Bertz CT molecular complexity index is 783. The summed E-state index contributed by atoms with van der Waals surface area (Å²) in [5, 5.41) is 12.9. The van der Waals surface area contributed by atoms with E-state index in [9.17, 15) is 14.7 Å². The number of aromatic hydroxyl groups is 1. The van der Waals surface area contributed by atoms with Gasteiger partial charge in [0.2, 0.25) is 5.43 Å². The Kier molecular flexibility index (Phi) is 3.53. The van der Waals surface area contributed by atoms with Gasteiger partial charge in [0.05, 0.1) is 10.9 Å². The first kappa shape index (κ1) is 15.1. The zero-order chi connectivity index (χ0) is 15.9. The second kappa shape index (κ2) is 4.91. The third-order valence-corrected chi connectivity index (χ3v) is 3.24. The van der Waals surface area contributed by atoms with E-state index in [1.165, 1.54) is 12.3 Å². The van der Waals surface area contributed by atoms with Crippen LogP contribution in [0.15, 0.2) is 23.1 Å². The van der Waals surface area contributed by atoms with Gasteiger partial charge in [-0.25, -0.2) is 0 Å². The molecule has 0 aliphatic rings. The van der Waals surface area contributed by atoms with E-state index < -0.39 is 11.4 Å². The molecule has 2 rings (SSSR count). The molecule has 1 amide bonds. The molecule has 0 saturated heterocycles. The number of pyridine rings is 1. The van der Waals surface area contributed by atoms with Crippen molar-refractivity contribution < 1.29 is 9.90 Å². The number of rotatable bonds is 1. The highest BCUT2D eigenvalue weighted by Crippen LogP contribution is 2.22. The summed E-state index contributed by atoms with van der Waals surface area (Å²) in [6.45, 7) is 7.32. The molecule has 1 aromatic carbocycles. The summed E-state index contributed by atoms with van der Waals surface area (Å²) in [6.07, 6.45) is 1.53. The van der Waals surface area contributed by atoms with Crippen molar-refractivity contribution in [2.24, 2.45) is 7.05 Å². The number of benzene rings is 1. The van der Waals surface area contributed by atoms with Crippen LogP contribution in [0.2, 0.25) is 0 Å². The van der Waals surface area contributed by atoms with Crippen LogP contribution < -0.4 is 10.7 Å². The molecule has 0 bridgehead atoms. The Balaban J connectivity index is 2.68. The normalized spacial score (nSPS) is 11.7. The van der Waals surface area contributed by atoms with E-state index in [-0.39, 0.29) is 16.7 Å². The van der Waals surface area contributed by atoms with Gasteiger partial charge in [-0.05, 0) is 45.4 Å². The number of carbonyl (C=O) groups is 1. The maximum absolute atomic E-state index is 12.5. The second-order valence-corrected chi connectivity index (χ2v) is 6.34. The fourth-order valence-electron chi connectivity index (χ4n) is 2.19. The van der Waals surface area contributed by atoms with Crippen molar-refractivity contribution in [3.63, 3.8) is 0 Å². The zero-order valence-electron chi connectivity index (χ0n) is 12.9. The van der Waals surface area contributed by atoms with Gasteiger partial charge in [-0.3, -0.25) is 9.59 Å². The molecule has 1 aromatic heterocycles. The number of phenolic OH excluding ortho intramolecular Hbond substituents is 1. The average molecular weight is 288 g/mol. The van der Waals surface area contributed by atoms with Crippen LogP contribution in [0.4, 0.5) is 0 Å². The molecule has 0 unspecified atom stereocenters. The molecule has 21 heavy (non-hydrogen) atoms. The van der Waals surface area contributed by atoms with Crippen molar-refractivity contribution in [2.45, 2.75) is 33.2 Å². The quantitative estimate of drug-likeness (QED) is 0.844. The Labute approximate surface area is 123 Å². The molecule has 0 aliphatic carbocycles.